The third-order valence-corrected chi connectivity index (χ3v) is 6.36. The van der Waals surface area contributed by atoms with Crippen LogP contribution >= 0.6 is 0 Å². The normalized spacial score (nSPS) is 11.9. The number of aromatic amines is 2. The molecule has 0 saturated carbocycles. The van der Waals surface area contributed by atoms with E-state index in [2.05, 4.69) is 72.4 Å². The van der Waals surface area contributed by atoms with Crippen molar-refractivity contribution in [2.24, 2.45) is 7.05 Å². The molecule has 0 atom stereocenters. The van der Waals surface area contributed by atoms with Gasteiger partial charge in [0.2, 0.25) is 0 Å². The third-order valence-electron chi connectivity index (χ3n) is 6.36. The van der Waals surface area contributed by atoms with Crippen molar-refractivity contribution in [3.05, 3.63) is 72.0 Å². The molecule has 0 spiro atoms. The Balaban J connectivity index is 1.41. The lowest BCUT2D eigenvalue weighted by Crippen LogP contribution is -2.26. The first-order valence-corrected chi connectivity index (χ1v) is 12.6. The molecular weight excluding hydrogens is 422 g/mol. The summed E-state index contributed by atoms with van der Waals surface area (Å²) in [4.78, 5) is 20.8. The Morgan fingerprint density at radius 2 is 1.76 bits per heavy atom. The molecule has 0 aliphatic rings. The molecular formula is C27H39N7. The molecule has 0 bridgehead atoms. The minimum Gasteiger partial charge on any atom is -0.358 e. The van der Waals surface area contributed by atoms with E-state index in [0.29, 0.717) is 0 Å². The van der Waals surface area contributed by atoms with E-state index in [4.69, 9.17) is 0 Å². The minimum atomic E-state index is 0.752. The molecule has 0 unspecified atom stereocenters. The van der Waals surface area contributed by atoms with Gasteiger partial charge >= 0.3 is 0 Å². The van der Waals surface area contributed by atoms with Gasteiger partial charge in [0.1, 0.15) is 11.6 Å². The molecule has 1 aromatic carbocycles. The van der Waals surface area contributed by atoms with E-state index >= 15 is 0 Å². The number of fused-ring (bicyclic) bond motifs is 1. The van der Waals surface area contributed by atoms with Gasteiger partial charge < -0.3 is 19.4 Å². The molecule has 34 heavy (non-hydrogen) atoms. The molecule has 0 aliphatic carbocycles. The van der Waals surface area contributed by atoms with Crippen molar-refractivity contribution in [2.75, 3.05) is 19.6 Å². The van der Waals surface area contributed by atoms with Crippen LogP contribution in [0, 0.1) is 0 Å². The number of hydrogen-bond acceptors (Lipinski definition) is 4. The molecule has 182 valence electrons. The van der Waals surface area contributed by atoms with Crippen molar-refractivity contribution < 1.29 is 0 Å². The third kappa shape index (κ3) is 6.58. The molecule has 2 N–H and O–H groups in total. The zero-order chi connectivity index (χ0) is 23.8. The fourth-order valence-electron chi connectivity index (χ4n) is 4.71. The van der Waals surface area contributed by atoms with Crippen molar-refractivity contribution in [3.8, 4) is 0 Å². The van der Waals surface area contributed by atoms with Gasteiger partial charge in [-0.2, -0.15) is 0 Å². The number of rotatable bonds is 14. The number of hydrogen-bond donors (Lipinski definition) is 2. The zero-order valence-corrected chi connectivity index (χ0v) is 20.9. The fourth-order valence-corrected chi connectivity index (χ4v) is 4.71. The highest BCUT2D eigenvalue weighted by Gasteiger charge is 2.13. The lowest BCUT2D eigenvalue weighted by molar-refractivity contribution is 0.233. The van der Waals surface area contributed by atoms with Crippen LogP contribution in [0.4, 0.5) is 0 Å². The van der Waals surface area contributed by atoms with Gasteiger partial charge in [0.25, 0.3) is 0 Å². The Morgan fingerprint density at radius 1 is 0.912 bits per heavy atom. The molecule has 7 heteroatoms. The summed E-state index contributed by atoms with van der Waals surface area (Å²) in [6.07, 6.45) is 12.3. The minimum absolute atomic E-state index is 0.752. The summed E-state index contributed by atoms with van der Waals surface area (Å²) in [6, 6.07) is 9.11. The van der Waals surface area contributed by atoms with Crippen LogP contribution in [0.2, 0.25) is 0 Å². The van der Waals surface area contributed by atoms with Crippen LogP contribution in [-0.4, -0.2) is 53.9 Å². The summed E-state index contributed by atoms with van der Waals surface area (Å²) < 4.78 is 2.08. The number of nitrogens with zero attached hydrogens (tertiary/aromatic N) is 5. The van der Waals surface area contributed by atoms with E-state index in [0.717, 1.165) is 37.7 Å². The van der Waals surface area contributed by atoms with Crippen molar-refractivity contribution in [2.45, 2.75) is 59.2 Å². The number of aromatic nitrogens is 5. The second-order valence-electron chi connectivity index (χ2n) is 9.30. The lowest BCUT2D eigenvalue weighted by atomic mass is 10.1. The van der Waals surface area contributed by atoms with E-state index in [9.17, 15) is 0 Å². The first kappa shape index (κ1) is 24.2. The van der Waals surface area contributed by atoms with Gasteiger partial charge in [0.05, 0.1) is 13.1 Å². The maximum atomic E-state index is 4.53. The molecule has 0 amide bonds. The maximum Gasteiger partial charge on any atom is 0.122 e. The topological polar surface area (TPSA) is 68.8 Å². The van der Waals surface area contributed by atoms with Crippen LogP contribution in [0.1, 0.15) is 56.0 Å². The molecule has 0 radical (unpaired) electrons. The first-order valence-electron chi connectivity index (χ1n) is 12.6. The second kappa shape index (κ2) is 12.0. The quantitative estimate of drug-likeness (QED) is 0.281. The Kier molecular flexibility index (Phi) is 8.55. The van der Waals surface area contributed by atoms with Gasteiger partial charge in [-0.1, -0.05) is 19.9 Å². The van der Waals surface area contributed by atoms with Gasteiger partial charge in [-0.3, -0.25) is 4.90 Å². The highest BCUT2D eigenvalue weighted by Crippen LogP contribution is 2.20. The predicted molar refractivity (Wildman–Crippen MR) is 138 cm³/mol. The SMILES string of the molecule is CCCN(CCC)CCCc1cc2cc(CN(Cc3ncc[nH]3)Cc3nccn3C)ccc2[nH]1. The van der Waals surface area contributed by atoms with Crippen LogP contribution in [-0.2, 0) is 33.1 Å². The van der Waals surface area contributed by atoms with Gasteiger partial charge in [0, 0.05) is 49.6 Å². The highest BCUT2D eigenvalue weighted by molar-refractivity contribution is 5.81. The summed E-state index contributed by atoms with van der Waals surface area (Å²) in [5, 5.41) is 1.29. The highest BCUT2D eigenvalue weighted by atomic mass is 15.2. The molecule has 0 saturated heterocycles. The van der Waals surface area contributed by atoms with E-state index in [1.54, 1.807) is 0 Å². The second-order valence-corrected chi connectivity index (χ2v) is 9.30. The fraction of sp³-hybridized carbons (Fsp3) is 0.481. The van der Waals surface area contributed by atoms with Crippen LogP contribution < -0.4 is 0 Å². The first-order chi connectivity index (χ1) is 16.6. The van der Waals surface area contributed by atoms with Crippen molar-refractivity contribution in [1.29, 1.82) is 0 Å². The number of benzene rings is 1. The van der Waals surface area contributed by atoms with Gasteiger partial charge in [-0.05, 0) is 74.5 Å². The largest absolute Gasteiger partial charge is 0.358 e. The maximum absolute atomic E-state index is 4.53. The number of H-pyrrole nitrogens is 2. The molecule has 0 aliphatic heterocycles. The molecule has 3 heterocycles. The molecule has 4 rings (SSSR count). The Morgan fingerprint density at radius 3 is 2.47 bits per heavy atom. The zero-order valence-electron chi connectivity index (χ0n) is 20.9. The molecule has 3 aromatic heterocycles. The smallest absolute Gasteiger partial charge is 0.122 e. The molecule has 7 nitrogen and oxygen atoms in total. The van der Waals surface area contributed by atoms with E-state index in [-0.39, 0.29) is 0 Å². The van der Waals surface area contributed by atoms with Crippen LogP contribution in [0.25, 0.3) is 10.9 Å². The monoisotopic (exact) mass is 461 g/mol. The predicted octanol–water partition coefficient (Wildman–Crippen LogP) is 4.88. The van der Waals surface area contributed by atoms with Crippen molar-refractivity contribution in [1.82, 2.24) is 34.3 Å². The van der Waals surface area contributed by atoms with Gasteiger partial charge in [-0.25, -0.2) is 9.97 Å². The van der Waals surface area contributed by atoms with Gasteiger partial charge in [0.15, 0.2) is 0 Å². The Labute approximate surface area is 203 Å². The number of imidazole rings is 2. The summed E-state index contributed by atoms with van der Waals surface area (Å²) >= 11 is 0. The van der Waals surface area contributed by atoms with Crippen LogP contribution in [0.3, 0.4) is 0 Å². The Hall–Kier alpha value is -2.90. The number of aryl methyl sites for hydroxylation is 2. The Bertz CT molecular complexity index is 1120. The molecule has 0 fully saturated rings. The molecule has 4 aromatic rings. The van der Waals surface area contributed by atoms with E-state index < -0.39 is 0 Å². The summed E-state index contributed by atoms with van der Waals surface area (Å²) in [6.45, 7) is 10.5. The van der Waals surface area contributed by atoms with E-state index in [1.807, 2.05) is 31.8 Å². The van der Waals surface area contributed by atoms with Crippen molar-refractivity contribution in [3.63, 3.8) is 0 Å². The summed E-state index contributed by atoms with van der Waals surface area (Å²) in [5.41, 5.74) is 3.86. The standard InChI is InChI=1S/C27H39N7/c1-4-13-33(14-5-2)15-6-7-24-18-23-17-22(8-9-25(23)31-24)19-34(20-26-28-10-11-29-26)21-27-30-12-16-32(27)3/h8-12,16-18,31H,4-7,13-15,19-21H2,1-3H3,(H,28,29). The van der Waals surface area contributed by atoms with Crippen LogP contribution in [0.15, 0.2) is 49.1 Å². The van der Waals surface area contributed by atoms with Gasteiger partial charge in [-0.15, -0.1) is 0 Å². The summed E-state index contributed by atoms with van der Waals surface area (Å²) in [7, 11) is 2.05. The average molecular weight is 462 g/mol. The van der Waals surface area contributed by atoms with Crippen molar-refractivity contribution >= 4 is 10.9 Å². The van der Waals surface area contributed by atoms with E-state index in [1.165, 1.54) is 61.1 Å². The number of nitrogens with one attached hydrogen (secondary N) is 2. The average Bonchev–Trinajstić information content (AvgIpc) is 3.56. The van der Waals surface area contributed by atoms with Crippen LogP contribution in [0.5, 0.6) is 0 Å². The lowest BCUT2D eigenvalue weighted by Gasteiger charge is -2.21. The summed E-state index contributed by atoms with van der Waals surface area (Å²) in [5.74, 6) is 2.02.